The summed E-state index contributed by atoms with van der Waals surface area (Å²) < 4.78 is 6.02. The molecule has 3 heteroatoms. The zero-order valence-electron chi connectivity index (χ0n) is 5.50. The minimum atomic E-state index is 0. The van der Waals surface area contributed by atoms with Crippen molar-refractivity contribution < 1.29 is 4.74 Å². The first-order valence-corrected chi connectivity index (χ1v) is 3.42. The molecule has 0 heterocycles. The highest BCUT2D eigenvalue weighted by molar-refractivity contribution is 9.10. The molecule has 0 N–H and O–H groups in total. The van der Waals surface area contributed by atoms with Crippen LogP contribution in [-0.4, -0.2) is 7.11 Å². The molecule has 56 valence electrons. The van der Waals surface area contributed by atoms with Crippen LogP contribution in [0.3, 0.4) is 0 Å². The second kappa shape index (κ2) is 4.74. The fourth-order valence-corrected chi connectivity index (χ4v) is 0.835. The Hall–Kier alpha value is -0.0200. The fraction of sp³-hybridized carbons (Fsp3) is 0.143. The molecule has 10 heavy (non-hydrogen) atoms. The van der Waals surface area contributed by atoms with Crippen LogP contribution >= 0.6 is 32.9 Å². The Kier molecular flexibility index (Phi) is 4.73. The van der Waals surface area contributed by atoms with Crippen molar-refractivity contribution in [1.29, 1.82) is 0 Å². The maximum atomic E-state index is 4.95. The average molecular weight is 268 g/mol. The monoisotopic (exact) mass is 266 g/mol. The van der Waals surface area contributed by atoms with E-state index in [-0.39, 0.29) is 17.0 Å². The molecule has 0 fully saturated rings. The zero-order chi connectivity index (χ0) is 6.69. The summed E-state index contributed by atoms with van der Waals surface area (Å²) in [6.07, 6.45) is 0. The van der Waals surface area contributed by atoms with Gasteiger partial charge in [0.25, 0.3) is 0 Å². The topological polar surface area (TPSA) is 9.23 Å². The van der Waals surface area contributed by atoms with E-state index in [2.05, 4.69) is 15.9 Å². The molecule has 0 aliphatic carbocycles. The lowest BCUT2D eigenvalue weighted by molar-refractivity contribution is 0.414. The SMILES string of the molecule is Br.COc1ccc(Br)cc1. The van der Waals surface area contributed by atoms with Crippen LogP contribution in [0.15, 0.2) is 28.7 Å². The van der Waals surface area contributed by atoms with E-state index < -0.39 is 0 Å². The highest BCUT2D eigenvalue weighted by Gasteiger charge is 1.86. The van der Waals surface area contributed by atoms with Crippen molar-refractivity contribution >= 4 is 32.9 Å². The first-order chi connectivity index (χ1) is 4.33. The van der Waals surface area contributed by atoms with Gasteiger partial charge in [0.1, 0.15) is 5.75 Å². The maximum Gasteiger partial charge on any atom is 0.118 e. The van der Waals surface area contributed by atoms with E-state index in [4.69, 9.17) is 4.74 Å². The van der Waals surface area contributed by atoms with Crippen molar-refractivity contribution in [2.75, 3.05) is 7.11 Å². The smallest absolute Gasteiger partial charge is 0.118 e. The van der Waals surface area contributed by atoms with Crippen molar-refractivity contribution in [3.63, 3.8) is 0 Å². The van der Waals surface area contributed by atoms with Gasteiger partial charge >= 0.3 is 0 Å². The summed E-state index contributed by atoms with van der Waals surface area (Å²) in [5, 5.41) is 0. The highest BCUT2D eigenvalue weighted by Crippen LogP contribution is 2.14. The van der Waals surface area contributed by atoms with E-state index in [1.54, 1.807) is 7.11 Å². The van der Waals surface area contributed by atoms with Crippen LogP contribution < -0.4 is 4.74 Å². The van der Waals surface area contributed by atoms with Crippen LogP contribution in [0.4, 0.5) is 0 Å². The second-order valence-corrected chi connectivity index (χ2v) is 2.57. The molecule has 0 radical (unpaired) electrons. The highest BCUT2D eigenvalue weighted by atomic mass is 79.9. The van der Waals surface area contributed by atoms with E-state index in [1.165, 1.54) is 0 Å². The molecule has 0 bridgehead atoms. The molecule has 0 aromatic heterocycles. The minimum Gasteiger partial charge on any atom is -0.497 e. The predicted molar refractivity (Wildman–Crippen MR) is 51.0 cm³/mol. The van der Waals surface area contributed by atoms with Crippen LogP contribution in [0.5, 0.6) is 5.75 Å². The fourth-order valence-electron chi connectivity index (χ4n) is 0.571. The van der Waals surface area contributed by atoms with Crippen LogP contribution in [-0.2, 0) is 0 Å². The summed E-state index contributed by atoms with van der Waals surface area (Å²) >= 11 is 3.32. The summed E-state index contributed by atoms with van der Waals surface area (Å²) in [6, 6.07) is 7.70. The molecular formula is C7H8Br2O. The average Bonchev–Trinajstić information content (AvgIpc) is 1.90. The van der Waals surface area contributed by atoms with E-state index >= 15 is 0 Å². The lowest BCUT2D eigenvalue weighted by atomic mass is 10.3. The molecule has 0 spiro atoms. The van der Waals surface area contributed by atoms with Gasteiger partial charge in [-0.15, -0.1) is 17.0 Å². The Morgan fingerprint density at radius 1 is 1.20 bits per heavy atom. The number of benzene rings is 1. The van der Waals surface area contributed by atoms with Gasteiger partial charge in [0.2, 0.25) is 0 Å². The van der Waals surface area contributed by atoms with Gasteiger partial charge in [0.05, 0.1) is 7.11 Å². The van der Waals surface area contributed by atoms with Crippen LogP contribution in [0.2, 0.25) is 0 Å². The summed E-state index contributed by atoms with van der Waals surface area (Å²) in [4.78, 5) is 0. The number of hydrogen-bond acceptors (Lipinski definition) is 1. The van der Waals surface area contributed by atoms with Gasteiger partial charge in [0, 0.05) is 4.47 Å². The lowest BCUT2D eigenvalue weighted by Gasteiger charge is -1.96. The van der Waals surface area contributed by atoms with Gasteiger partial charge in [-0.1, -0.05) is 15.9 Å². The van der Waals surface area contributed by atoms with Crippen molar-refractivity contribution in [3.05, 3.63) is 28.7 Å². The molecule has 0 atom stereocenters. The van der Waals surface area contributed by atoms with Crippen LogP contribution in [0.25, 0.3) is 0 Å². The van der Waals surface area contributed by atoms with Gasteiger partial charge in [-0.25, -0.2) is 0 Å². The van der Waals surface area contributed by atoms with Crippen molar-refractivity contribution in [3.8, 4) is 5.75 Å². The lowest BCUT2D eigenvalue weighted by Crippen LogP contribution is -1.79. The Morgan fingerprint density at radius 3 is 2.10 bits per heavy atom. The zero-order valence-corrected chi connectivity index (χ0v) is 8.80. The Bertz CT molecular complexity index is 183. The third kappa shape index (κ3) is 2.71. The largest absolute Gasteiger partial charge is 0.497 e. The number of halogens is 2. The van der Waals surface area contributed by atoms with Gasteiger partial charge in [-0.3, -0.25) is 0 Å². The van der Waals surface area contributed by atoms with E-state index in [0.717, 1.165) is 10.2 Å². The molecule has 0 amide bonds. The van der Waals surface area contributed by atoms with Crippen LogP contribution in [0.1, 0.15) is 0 Å². The van der Waals surface area contributed by atoms with Crippen molar-refractivity contribution in [1.82, 2.24) is 0 Å². The number of methoxy groups -OCH3 is 1. The van der Waals surface area contributed by atoms with Gasteiger partial charge < -0.3 is 4.74 Å². The number of hydrogen-bond donors (Lipinski definition) is 0. The molecule has 1 aromatic rings. The van der Waals surface area contributed by atoms with Gasteiger partial charge in [0.15, 0.2) is 0 Å². The summed E-state index contributed by atoms with van der Waals surface area (Å²) in [6.45, 7) is 0. The Morgan fingerprint density at radius 2 is 1.70 bits per heavy atom. The number of rotatable bonds is 1. The van der Waals surface area contributed by atoms with E-state index in [1.807, 2.05) is 24.3 Å². The first-order valence-electron chi connectivity index (χ1n) is 2.62. The van der Waals surface area contributed by atoms with Crippen molar-refractivity contribution in [2.24, 2.45) is 0 Å². The Balaban J connectivity index is 0.000000810. The predicted octanol–water partition coefficient (Wildman–Crippen LogP) is 3.04. The molecule has 0 unspecified atom stereocenters. The third-order valence-electron chi connectivity index (χ3n) is 1.05. The quantitative estimate of drug-likeness (QED) is 0.760. The van der Waals surface area contributed by atoms with Gasteiger partial charge in [-0.05, 0) is 24.3 Å². The first kappa shape index (κ1) is 9.98. The summed E-state index contributed by atoms with van der Waals surface area (Å²) in [7, 11) is 1.66. The molecular weight excluding hydrogens is 260 g/mol. The molecule has 0 saturated heterocycles. The molecule has 1 aromatic carbocycles. The molecule has 0 aliphatic rings. The van der Waals surface area contributed by atoms with E-state index in [0.29, 0.717) is 0 Å². The summed E-state index contributed by atoms with van der Waals surface area (Å²) in [5.74, 6) is 0.887. The second-order valence-electron chi connectivity index (χ2n) is 1.66. The minimum absolute atomic E-state index is 0. The molecule has 1 rings (SSSR count). The van der Waals surface area contributed by atoms with E-state index in [9.17, 15) is 0 Å². The maximum absolute atomic E-state index is 4.95. The standard InChI is InChI=1S/C7H7BrO.BrH/c1-9-7-4-2-6(8)3-5-7;/h2-5H,1H3;1H. The third-order valence-corrected chi connectivity index (χ3v) is 1.58. The number of ether oxygens (including phenoxy) is 1. The van der Waals surface area contributed by atoms with Gasteiger partial charge in [-0.2, -0.15) is 0 Å². The molecule has 1 nitrogen and oxygen atoms in total. The van der Waals surface area contributed by atoms with Crippen LogP contribution in [0, 0.1) is 0 Å². The van der Waals surface area contributed by atoms with Crippen molar-refractivity contribution in [2.45, 2.75) is 0 Å². The normalized spacial score (nSPS) is 8.20. The molecule has 0 saturated carbocycles. The summed E-state index contributed by atoms with van der Waals surface area (Å²) in [5.41, 5.74) is 0. The Labute approximate surface area is 79.3 Å². The molecule has 0 aliphatic heterocycles.